The molecule has 0 aliphatic carbocycles. The maximum Gasteiger partial charge on any atom is 0.192 e. The van der Waals surface area contributed by atoms with Crippen molar-refractivity contribution in [2.24, 2.45) is 0 Å². The second kappa shape index (κ2) is 5.27. The van der Waals surface area contributed by atoms with Gasteiger partial charge in [0.05, 0.1) is 18.4 Å². The van der Waals surface area contributed by atoms with Crippen LogP contribution in [0.1, 0.15) is 5.76 Å². The first kappa shape index (κ1) is 13.3. The molecule has 0 saturated carbocycles. The van der Waals surface area contributed by atoms with Crippen LogP contribution in [0.5, 0.6) is 0 Å². The van der Waals surface area contributed by atoms with Crippen LogP contribution in [0.2, 0.25) is 0 Å². The number of halogens is 1. The molecule has 1 N–H and O–H groups in total. The minimum absolute atomic E-state index is 0.0700. The van der Waals surface area contributed by atoms with Crippen molar-refractivity contribution in [3.05, 3.63) is 40.0 Å². The average molecular weight is 378 g/mol. The summed E-state index contributed by atoms with van der Waals surface area (Å²) in [5.74, 6) is 0.812. The van der Waals surface area contributed by atoms with Crippen LogP contribution >= 0.6 is 22.6 Å². The van der Waals surface area contributed by atoms with E-state index in [1.54, 1.807) is 6.07 Å². The Morgan fingerprint density at radius 1 is 1.33 bits per heavy atom. The lowest BCUT2D eigenvalue weighted by Gasteiger charge is -2.04. The van der Waals surface area contributed by atoms with Crippen molar-refractivity contribution >= 4 is 38.1 Å². The van der Waals surface area contributed by atoms with Crippen LogP contribution in [-0.4, -0.2) is 19.7 Å². The minimum Gasteiger partial charge on any atom is -0.454 e. The van der Waals surface area contributed by atoms with Crippen molar-refractivity contribution in [2.45, 2.75) is 11.6 Å². The summed E-state index contributed by atoms with van der Waals surface area (Å²) < 4.78 is 28.7. The molecule has 0 amide bonds. The molecule has 0 radical (unpaired) electrons. The van der Waals surface area contributed by atoms with Crippen molar-refractivity contribution in [2.75, 3.05) is 11.6 Å². The van der Waals surface area contributed by atoms with Gasteiger partial charge in [-0.3, -0.25) is 0 Å². The number of rotatable bonds is 4. The Labute approximate surface area is 119 Å². The van der Waals surface area contributed by atoms with Gasteiger partial charge in [0.2, 0.25) is 0 Å². The van der Waals surface area contributed by atoms with Gasteiger partial charge in [0.1, 0.15) is 5.76 Å². The van der Waals surface area contributed by atoms with Gasteiger partial charge in [0.25, 0.3) is 0 Å². The third-order valence-corrected chi connectivity index (χ3v) is 3.79. The fourth-order valence-corrected chi connectivity index (χ4v) is 2.36. The van der Waals surface area contributed by atoms with E-state index in [9.17, 15) is 8.42 Å². The molecule has 0 spiro atoms. The Morgan fingerprint density at radius 2 is 2.11 bits per heavy atom. The highest BCUT2D eigenvalue weighted by Gasteiger charge is 2.08. The Balaban J connectivity index is 2.03. The lowest BCUT2D eigenvalue weighted by atomic mass is 10.4. The molecule has 2 heterocycles. The topological polar surface area (TPSA) is 72.2 Å². The highest BCUT2D eigenvalue weighted by molar-refractivity contribution is 14.1. The van der Waals surface area contributed by atoms with Crippen LogP contribution in [0.3, 0.4) is 0 Å². The molecule has 0 aliphatic heterocycles. The van der Waals surface area contributed by atoms with Crippen LogP contribution in [-0.2, 0) is 16.4 Å². The molecule has 2 aromatic rings. The van der Waals surface area contributed by atoms with E-state index in [2.05, 4.69) is 32.9 Å². The largest absolute Gasteiger partial charge is 0.454 e. The van der Waals surface area contributed by atoms with Crippen LogP contribution < -0.4 is 5.32 Å². The van der Waals surface area contributed by atoms with Gasteiger partial charge in [-0.25, -0.2) is 13.4 Å². The minimum atomic E-state index is -3.24. The number of hydrogen-bond acceptors (Lipinski definition) is 5. The second-order valence-corrected chi connectivity index (χ2v) is 6.74. The summed E-state index contributed by atoms with van der Waals surface area (Å²) >= 11 is 2.09. The molecule has 5 nitrogen and oxygen atoms in total. The molecular weight excluding hydrogens is 367 g/mol. The van der Waals surface area contributed by atoms with Crippen LogP contribution in [0, 0.1) is 3.77 Å². The summed E-state index contributed by atoms with van der Waals surface area (Å²) in [7, 11) is -3.24. The molecule has 18 heavy (non-hydrogen) atoms. The molecule has 0 unspecified atom stereocenters. The average Bonchev–Trinajstić information content (AvgIpc) is 2.72. The monoisotopic (exact) mass is 378 g/mol. The van der Waals surface area contributed by atoms with Gasteiger partial charge in [0.15, 0.2) is 18.6 Å². The van der Waals surface area contributed by atoms with Crippen molar-refractivity contribution < 1.29 is 12.8 Å². The van der Waals surface area contributed by atoms with Gasteiger partial charge < -0.3 is 9.73 Å². The normalized spacial score (nSPS) is 11.4. The Morgan fingerprint density at radius 3 is 2.61 bits per heavy atom. The molecule has 2 aromatic heterocycles. The zero-order chi connectivity index (χ0) is 13.2. The third kappa shape index (κ3) is 3.45. The zero-order valence-electron chi connectivity index (χ0n) is 9.55. The van der Waals surface area contributed by atoms with Crippen molar-refractivity contribution in [3.8, 4) is 0 Å². The van der Waals surface area contributed by atoms with Crippen molar-refractivity contribution in [1.29, 1.82) is 0 Å². The van der Waals surface area contributed by atoms with E-state index >= 15 is 0 Å². The highest BCUT2D eigenvalue weighted by atomic mass is 127. The smallest absolute Gasteiger partial charge is 0.192 e. The quantitative estimate of drug-likeness (QED) is 0.827. The first-order chi connectivity index (χ1) is 8.45. The van der Waals surface area contributed by atoms with Crippen molar-refractivity contribution in [1.82, 2.24) is 4.98 Å². The maximum atomic E-state index is 11.2. The first-order valence-corrected chi connectivity index (χ1v) is 8.06. The summed E-state index contributed by atoms with van der Waals surface area (Å²) in [6.07, 6.45) is 2.62. The predicted octanol–water partition coefficient (Wildman–Crippen LogP) is 2.29. The SMILES string of the molecule is CS(=O)(=O)c1ccc(NCc2ccc(I)o2)cn1. The van der Waals surface area contributed by atoms with E-state index in [0.29, 0.717) is 6.54 Å². The molecular formula is C11H11IN2O3S. The molecule has 2 rings (SSSR count). The second-order valence-electron chi connectivity index (χ2n) is 3.72. The van der Waals surface area contributed by atoms with E-state index in [1.165, 1.54) is 12.3 Å². The number of hydrogen-bond donors (Lipinski definition) is 1. The lowest BCUT2D eigenvalue weighted by molar-refractivity contribution is 0.493. The van der Waals surface area contributed by atoms with E-state index < -0.39 is 9.84 Å². The number of aromatic nitrogens is 1. The van der Waals surface area contributed by atoms with Crippen LogP contribution in [0.4, 0.5) is 5.69 Å². The molecule has 0 bridgehead atoms. The van der Waals surface area contributed by atoms with Crippen molar-refractivity contribution in [3.63, 3.8) is 0 Å². The Kier molecular flexibility index (Phi) is 3.91. The number of furan rings is 1. The number of sulfone groups is 1. The molecule has 96 valence electrons. The van der Waals surface area contributed by atoms with Gasteiger partial charge in [-0.1, -0.05) is 0 Å². The predicted molar refractivity (Wildman–Crippen MR) is 76.1 cm³/mol. The Bertz CT molecular complexity index is 635. The van der Waals surface area contributed by atoms with Crippen LogP contribution in [0.15, 0.2) is 39.9 Å². The molecule has 0 aliphatic rings. The highest BCUT2D eigenvalue weighted by Crippen LogP contribution is 2.14. The summed E-state index contributed by atoms with van der Waals surface area (Å²) in [5, 5.41) is 3.17. The molecule has 7 heteroatoms. The zero-order valence-corrected chi connectivity index (χ0v) is 12.5. The lowest BCUT2D eigenvalue weighted by Crippen LogP contribution is -2.02. The fourth-order valence-electron chi connectivity index (χ4n) is 1.34. The number of nitrogens with one attached hydrogen (secondary N) is 1. The first-order valence-electron chi connectivity index (χ1n) is 5.09. The molecule has 0 fully saturated rings. The van der Waals surface area contributed by atoms with Crippen LogP contribution in [0.25, 0.3) is 0 Å². The van der Waals surface area contributed by atoms with E-state index in [0.717, 1.165) is 21.5 Å². The van der Waals surface area contributed by atoms with Gasteiger partial charge in [-0.2, -0.15) is 0 Å². The van der Waals surface area contributed by atoms with Gasteiger partial charge >= 0.3 is 0 Å². The number of nitrogens with zero attached hydrogens (tertiary/aromatic N) is 1. The summed E-state index contributed by atoms with van der Waals surface area (Å²) in [6, 6.07) is 6.91. The third-order valence-electron chi connectivity index (χ3n) is 2.21. The van der Waals surface area contributed by atoms with Gasteiger partial charge in [-0.15, -0.1) is 0 Å². The summed E-state index contributed by atoms with van der Waals surface area (Å²) in [4.78, 5) is 3.88. The molecule has 0 saturated heterocycles. The van der Waals surface area contributed by atoms with E-state index in [-0.39, 0.29) is 5.03 Å². The fraction of sp³-hybridized carbons (Fsp3) is 0.182. The standard InChI is InChI=1S/C11H11IN2O3S/c1-18(15,16)11-5-2-8(6-14-11)13-7-9-3-4-10(12)17-9/h2-6,13H,7H2,1H3. The molecule has 0 atom stereocenters. The molecule has 0 aromatic carbocycles. The van der Waals surface area contributed by atoms with Gasteiger partial charge in [-0.05, 0) is 46.9 Å². The summed E-state index contributed by atoms with van der Waals surface area (Å²) in [5.41, 5.74) is 0.744. The van der Waals surface area contributed by atoms with Gasteiger partial charge in [0, 0.05) is 6.26 Å². The Hall–Kier alpha value is -1.09. The maximum absolute atomic E-state index is 11.2. The van der Waals surface area contributed by atoms with E-state index in [1.807, 2.05) is 12.1 Å². The van der Waals surface area contributed by atoms with E-state index in [4.69, 9.17) is 4.42 Å². The number of pyridine rings is 1. The summed E-state index contributed by atoms with van der Waals surface area (Å²) in [6.45, 7) is 0.531. The number of anilines is 1.